The molecular formula is C42H48N2O12. The SMILES string of the molecule is COc1ccc2c3c1O[C@H]1C(OC(=O)COCCOCC(=O)OC4=CC[C@@]5(O)[C@@H]6Cc7ccc(OC)c8c7[C@@]5(CCN6C)[C@H]4O8)=CC[C@@]4(O)[C@H](C2)N(C)CC[C@]314. The number of carbonyl (C=O) groups is 2. The number of hydrogen-bond acceptors (Lipinski definition) is 14. The molecular weight excluding hydrogens is 724 g/mol. The number of carbonyl (C=O) groups excluding carboxylic acids is 2. The number of rotatable bonds is 11. The van der Waals surface area contributed by atoms with Crippen molar-refractivity contribution in [1.82, 2.24) is 9.80 Å². The van der Waals surface area contributed by atoms with E-state index in [9.17, 15) is 19.8 Å². The third-order valence-corrected chi connectivity index (χ3v) is 14.4. The monoisotopic (exact) mass is 772 g/mol. The Labute approximate surface area is 324 Å². The zero-order valence-corrected chi connectivity index (χ0v) is 32.1. The summed E-state index contributed by atoms with van der Waals surface area (Å²) in [6, 6.07) is 7.68. The molecule has 2 spiro atoms. The van der Waals surface area contributed by atoms with Gasteiger partial charge in [-0.1, -0.05) is 12.1 Å². The highest BCUT2D eigenvalue weighted by Crippen LogP contribution is 2.67. The summed E-state index contributed by atoms with van der Waals surface area (Å²) < 4.78 is 47.4. The van der Waals surface area contributed by atoms with Crippen LogP contribution in [0.25, 0.3) is 0 Å². The molecule has 56 heavy (non-hydrogen) atoms. The molecule has 10 rings (SSSR count). The first-order valence-electron chi connectivity index (χ1n) is 19.6. The van der Waals surface area contributed by atoms with E-state index in [1.165, 1.54) is 0 Å². The Bertz CT molecular complexity index is 1940. The Kier molecular flexibility index (Phi) is 8.18. The van der Waals surface area contributed by atoms with Crippen LogP contribution in [0.4, 0.5) is 0 Å². The molecule has 4 aliphatic carbocycles. The lowest BCUT2D eigenvalue weighted by Crippen LogP contribution is -2.74. The average molecular weight is 773 g/mol. The van der Waals surface area contributed by atoms with Crippen LogP contribution < -0.4 is 18.9 Å². The van der Waals surface area contributed by atoms with Gasteiger partial charge in [-0.25, -0.2) is 9.59 Å². The number of esters is 2. The Morgan fingerprint density at radius 3 is 1.55 bits per heavy atom. The van der Waals surface area contributed by atoms with Crippen LogP contribution >= 0.6 is 0 Å². The Morgan fingerprint density at radius 1 is 0.714 bits per heavy atom. The highest BCUT2D eigenvalue weighted by molar-refractivity contribution is 5.74. The van der Waals surface area contributed by atoms with E-state index in [-0.39, 0.29) is 38.5 Å². The van der Waals surface area contributed by atoms with Gasteiger partial charge >= 0.3 is 11.9 Å². The van der Waals surface area contributed by atoms with Gasteiger partial charge in [0, 0.05) is 36.1 Å². The van der Waals surface area contributed by atoms with Crippen molar-refractivity contribution in [1.29, 1.82) is 0 Å². The van der Waals surface area contributed by atoms with Crippen LogP contribution in [0, 0.1) is 0 Å². The van der Waals surface area contributed by atoms with Crippen LogP contribution in [0.5, 0.6) is 23.0 Å². The summed E-state index contributed by atoms with van der Waals surface area (Å²) in [4.78, 5) is 30.6. The van der Waals surface area contributed by atoms with E-state index < -0.39 is 46.2 Å². The second-order valence-corrected chi connectivity index (χ2v) is 16.6. The minimum Gasteiger partial charge on any atom is -0.493 e. The molecule has 8 atom stereocenters. The predicted octanol–water partition coefficient (Wildman–Crippen LogP) is 2.08. The molecule has 2 N–H and O–H groups in total. The fraction of sp³-hybridized carbons (Fsp3) is 0.571. The summed E-state index contributed by atoms with van der Waals surface area (Å²) in [7, 11) is 7.27. The third-order valence-electron chi connectivity index (χ3n) is 14.4. The zero-order chi connectivity index (χ0) is 38.8. The summed E-state index contributed by atoms with van der Waals surface area (Å²) >= 11 is 0. The van der Waals surface area contributed by atoms with E-state index in [0.29, 0.717) is 73.0 Å². The summed E-state index contributed by atoms with van der Waals surface area (Å²) in [5, 5.41) is 24.8. The van der Waals surface area contributed by atoms with E-state index in [1.807, 2.05) is 26.2 Å². The first kappa shape index (κ1) is 36.2. The quantitative estimate of drug-likeness (QED) is 0.253. The van der Waals surface area contributed by atoms with Crippen molar-refractivity contribution in [2.24, 2.45) is 0 Å². The van der Waals surface area contributed by atoms with Gasteiger partial charge in [0.2, 0.25) is 0 Å². The van der Waals surface area contributed by atoms with E-state index >= 15 is 0 Å². The molecule has 8 aliphatic rings. The first-order valence-corrected chi connectivity index (χ1v) is 19.6. The maximum atomic E-state index is 13.1. The molecule has 2 saturated heterocycles. The highest BCUT2D eigenvalue weighted by atomic mass is 16.6. The minimum absolute atomic E-state index is 0.0302. The average Bonchev–Trinajstić information content (AvgIpc) is 3.73. The number of likely N-dealkylation sites (N-methyl/N-ethyl adjacent to an activating group) is 2. The van der Waals surface area contributed by atoms with Gasteiger partial charge in [0.05, 0.1) is 49.5 Å². The lowest BCUT2D eigenvalue weighted by atomic mass is 9.50. The van der Waals surface area contributed by atoms with Crippen molar-refractivity contribution in [3.05, 3.63) is 70.2 Å². The molecule has 4 heterocycles. The molecule has 0 saturated carbocycles. The maximum Gasteiger partial charge on any atom is 0.337 e. The number of ether oxygens (including phenoxy) is 8. The molecule has 0 radical (unpaired) electrons. The number of aliphatic hydroxyl groups is 2. The number of nitrogens with zero attached hydrogens (tertiary/aromatic N) is 2. The largest absolute Gasteiger partial charge is 0.493 e. The summed E-state index contributed by atoms with van der Waals surface area (Å²) in [5.74, 6) is 1.89. The van der Waals surface area contributed by atoms with Gasteiger partial charge in [-0.3, -0.25) is 0 Å². The van der Waals surface area contributed by atoms with E-state index in [0.717, 1.165) is 35.3 Å². The van der Waals surface area contributed by atoms with Crippen LogP contribution in [-0.2, 0) is 52.2 Å². The van der Waals surface area contributed by atoms with E-state index in [2.05, 4.69) is 21.9 Å². The van der Waals surface area contributed by atoms with Gasteiger partial charge < -0.3 is 57.9 Å². The van der Waals surface area contributed by atoms with Crippen molar-refractivity contribution in [2.75, 3.05) is 67.8 Å². The fourth-order valence-corrected chi connectivity index (χ4v) is 11.9. The minimum atomic E-state index is -1.10. The summed E-state index contributed by atoms with van der Waals surface area (Å²) in [6.07, 6.45) is 5.44. The number of piperidine rings is 2. The van der Waals surface area contributed by atoms with Crippen molar-refractivity contribution in [2.45, 2.75) is 84.8 Å². The molecule has 4 bridgehead atoms. The van der Waals surface area contributed by atoms with Gasteiger partial charge in [0.15, 0.2) is 35.2 Å². The topological polar surface area (TPSA) is 155 Å². The van der Waals surface area contributed by atoms with Gasteiger partial charge in [-0.05, 0) is 88.3 Å². The molecule has 2 fully saturated rings. The van der Waals surface area contributed by atoms with Crippen molar-refractivity contribution in [3.8, 4) is 23.0 Å². The number of methoxy groups -OCH3 is 2. The molecule has 4 aliphatic heterocycles. The van der Waals surface area contributed by atoms with Gasteiger partial charge in [0.1, 0.15) is 24.7 Å². The summed E-state index contributed by atoms with van der Waals surface area (Å²) in [5.41, 5.74) is 0.389. The van der Waals surface area contributed by atoms with Crippen LogP contribution in [-0.4, -0.2) is 135 Å². The third kappa shape index (κ3) is 4.59. The Morgan fingerprint density at radius 2 is 1.14 bits per heavy atom. The second-order valence-electron chi connectivity index (χ2n) is 16.6. The van der Waals surface area contributed by atoms with Crippen LogP contribution in [0.2, 0.25) is 0 Å². The zero-order valence-electron chi connectivity index (χ0n) is 32.1. The Hall–Kier alpha value is -4.18. The van der Waals surface area contributed by atoms with E-state index in [4.69, 9.17) is 37.9 Å². The second kappa shape index (κ2) is 12.7. The maximum absolute atomic E-state index is 13.1. The van der Waals surface area contributed by atoms with Crippen molar-refractivity contribution in [3.63, 3.8) is 0 Å². The van der Waals surface area contributed by atoms with Gasteiger partial charge in [-0.2, -0.15) is 0 Å². The molecule has 14 nitrogen and oxygen atoms in total. The molecule has 0 amide bonds. The standard InChI is InChI=1S/C42H48N2O12/c1-43-15-13-39-33-23-5-7-25(49-3)35(33)55-37(39)27(9-11-41(39,47)29(43)19-23)53-31(45)21-51-17-18-52-22-32(46)54-28-10-12-42(48)30-20-24-6-8-26(50-4)36-34(24)40(42,38(28)56-36)14-16-44(30)2/h5-10,29-30,37-38,47-48H,11-22H2,1-4H3/t29-,30-,37-,38-,39-,40-,41+,42+/m0/s1. The lowest BCUT2D eigenvalue weighted by Gasteiger charge is -2.61. The fourth-order valence-electron chi connectivity index (χ4n) is 11.9. The van der Waals surface area contributed by atoms with Gasteiger partial charge in [-0.15, -0.1) is 0 Å². The first-order chi connectivity index (χ1) is 27.0. The van der Waals surface area contributed by atoms with Gasteiger partial charge in [0.25, 0.3) is 0 Å². The number of benzene rings is 2. The van der Waals surface area contributed by atoms with Crippen LogP contribution in [0.15, 0.2) is 47.9 Å². The molecule has 0 unspecified atom stereocenters. The Balaban J connectivity index is 0.749. The normalized spacial score (nSPS) is 35.2. The van der Waals surface area contributed by atoms with Crippen LogP contribution in [0.3, 0.4) is 0 Å². The van der Waals surface area contributed by atoms with E-state index in [1.54, 1.807) is 26.4 Å². The highest BCUT2D eigenvalue weighted by Gasteiger charge is 2.73. The van der Waals surface area contributed by atoms with Crippen molar-refractivity contribution < 1.29 is 57.7 Å². The summed E-state index contributed by atoms with van der Waals surface area (Å²) in [6.45, 7) is 0.895. The molecule has 0 aromatic heterocycles. The lowest BCUT2D eigenvalue weighted by molar-refractivity contribution is -0.171. The predicted molar refractivity (Wildman–Crippen MR) is 197 cm³/mol. The molecule has 14 heteroatoms. The molecule has 2 aromatic carbocycles. The smallest absolute Gasteiger partial charge is 0.337 e. The molecule has 298 valence electrons. The van der Waals surface area contributed by atoms with Crippen molar-refractivity contribution >= 4 is 11.9 Å². The van der Waals surface area contributed by atoms with Crippen LogP contribution in [0.1, 0.15) is 47.9 Å². The number of likely N-dealkylation sites (tertiary alicyclic amines) is 2. The molecule has 2 aromatic rings. The number of hydrogen-bond donors (Lipinski definition) is 2.